The second kappa shape index (κ2) is 13.6. The zero-order chi connectivity index (χ0) is 12.8. The monoisotopic (exact) mass is 224 g/mol. The molecule has 4 heteroatoms. The number of nitrogen functional groups attached to an aromatic ring is 1. The van der Waals surface area contributed by atoms with E-state index in [2.05, 4.69) is 23.5 Å². The molecule has 4 nitrogen and oxygen atoms in total. The van der Waals surface area contributed by atoms with Crippen LogP contribution in [0.3, 0.4) is 0 Å². The molecule has 1 rings (SSSR count). The lowest BCUT2D eigenvalue weighted by atomic mass is 10.2. The molecule has 0 aliphatic heterocycles. The summed E-state index contributed by atoms with van der Waals surface area (Å²) in [6, 6.07) is 3.84. The Labute approximate surface area is 98.8 Å². The summed E-state index contributed by atoms with van der Waals surface area (Å²) in [4.78, 5) is 3.77. The van der Waals surface area contributed by atoms with Crippen LogP contribution in [-0.2, 0) is 0 Å². The zero-order valence-electron chi connectivity index (χ0n) is 10.3. The Morgan fingerprint density at radius 2 is 1.88 bits per heavy atom. The molecule has 92 valence electrons. The molecule has 1 aromatic heterocycles. The summed E-state index contributed by atoms with van der Waals surface area (Å²) < 4.78 is 0. The van der Waals surface area contributed by atoms with Crippen LogP contribution < -0.4 is 16.8 Å². The predicted molar refractivity (Wildman–Crippen MR) is 72.1 cm³/mol. The minimum atomic E-state index is 0.340. The minimum Gasteiger partial charge on any atom is -0.399 e. The van der Waals surface area contributed by atoms with Gasteiger partial charge < -0.3 is 16.8 Å². The Balaban J connectivity index is 0. The van der Waals surface area contributed by atoms with Crippen molar-refractivity contribution >= 4 is 5.69 Å². The molecule has 1 heterocycles. The molecule has 0 fully saturated rings. The van der Waals surface area contributed by atoms with Crippen LogP contribution in [0.5, 0.6) is 0 Å². The topological polar surface area (TPSA) is 77.0 Å². The number of pyridine rings is 1. The number of hydrogen-bond donors (Lipinski definition) is 3. The molecule has 0 aliphatic carbocycles. The number of rotatable bonds is 3. The van der Waals surface area contributed by atoms with Gasteiger partial charge in [0.15, 0.2) is 0 Å². The molecular formula is C12H24N4. The number of nitrogens with zero attached hydrogens (tertiary/aromatic N) is 1. The average molecular weight is 224 g/mol. The van der Waals surface area contributed by atoms with Crippen LogP contribution in [0.1, 0.15) is 13.3 Å². The Bertz CT molecular complexity index is 224. The molecule has 0 radical (unpaired) electrons. The molecule has 16 heavy (non-hydrogen) atoms. The standard InChI is InChI=1S/C5H6N2.C5H14N2.C2H4/c6-5-1-3-7-4-2-5;1-5(6)3-4-7-2;1-2/h1-4H,(H2,6,7);5,7H,3-4,6H2,1-2H3;1-2H2. The van der Waals surface area contributed by atoms with Gasteiger partial charge in [-0.2, -0.15) is 0 Å². The van der Waals surface area contributed by atoms with Crippen LogP contribution in [-0.4, -0.2) is 24.6 Å². The number of hydrogen-bond acceptors (Lipinski definition) is 4. The lowest BCUT2D eigenvalue weighted by molar-refractivity contribution is 0.627. The quantitative estimate of drug-likeness (QED) is 0.678. The minimum absolute atomic E-state index is 0.340. The van der Waals surface area contributed by atoms with Gasteiger partial charge in [0.1, 0.15) is 0 Å². The van der Waals surface area contributed by atoms with E-state index in [1.54, 1.807) is 24.5 Å². The van der Waals surface area contributed by atoms with Crippen molar-refractivity contribution in [2.75, 3.05) is 19.3 Å². The van der Waals surface area contributed by atoms with E-state index < -0.39 is 0 Å². The number of aromatic nitrogens is 1. The van der Waals surface area contributed by atoms with E-state index in [9.17, 15) is 0 Å². The molecule has 5 N–H and O–H groups in total. The Morgan fingerprint density at radius 1 is 1.38 bits per heavy atom. The molecule has 0 spiro atoms. The van der Waals surface area contributed by atoms with Crippen LogP contribution in [0.4, 0.5) is 5.69 Å². The van der Waals surface area contributed by atoms with Gasteiger partial charge in [-0.25, -0.2) is 0 Å². The highest BCUT2D eigenvalue weighted by molar-refractivity contribution is 5.33. The van der Waals surface area contributed by atoms with Crippen molar-refractivity contribution in [2.24, 2.45) is 5.73 Å². The van der Waals surface area contributed by atoms with E-state index in [1.165, 1.54) is 0 Å². The van der Waals surface area contributed by atoms with Crippen molar-refractivity contribution in [2.45, 2.75) is 19.4 Å². The molecular weight excluding hydrogens is 200 g/mol. The number of anilines is 1. The van der Waals surface area contributed by atoms with Crippen molar-refractivity contribution in [3.05, 3.63) is 37.7 Å². The van der Waals surface area contributed by atoms with Gasteiger partial charge in [-0.15, -0.1) is 13.2 Å². The van der Waals surface area contributed by atoms with Crippen molar-refractivity contribution in [1.82, 2.24) is 10.3 Å². The van der Waals surface area contributed by atoms with Gasteiger partial charge in [0.2, 0.25) is 0 Å². The second-order valence-electron chi connectivity index (χ2n) is 3.15. The van der Waals surface area contributed by atoms with Crippen molar-refractivity contribution in [3.63, 3.8) is 0 Å². The largest absolute Gasteiger partial charge is 0.399 e. The highest BCUT2D eigenvalue weighted by Gasteiger charge is 1.88. The fourth-order valence-corrected chi connectivity index (χ4v) is 0.735. The highest BCUT2D eigenvalue weighted by atomic mass is 14.8. The zero-order valence-corrected chi connectivity index (χ0v) is 10.3. The van der Waals surface area contributed by atoms with Crippen molar-refractivity contribution in [3.8, 4) is 0 Å². The van der Waals surface area contributed by atoms with E-state index in [4.69, 9.17) is 11.5 Å². The fraction of sp³-hybridized carbons (Fsp3) is 0.417. The van der Waals surface area contributed by atoms with Crippen molar-refractivity contribution < 1.29 is 0 Å². The van der Waals surface area contributed by atoms with Crippen LogP contribution >= 0.6 is 0 Å². The molecule has 0 amide bonds. The Hall–Kier alpha value is -1.39. The first-order chi connectivity index (χ1) is 7.66. The second-order valence-corrected chi connectivity index (χ2v) is 3.15. The third kappa shape index (κ3) is 15.1. The Morgan fingerprint density at radius 3 is 2.06 bits per heavy atom. The summed E-state index contributed by atoms with van der Waals surface area (Å²) in [5.41, 5.74) is 11.5. The first-order valence-corrected chi connectivity index (χ1v) is 5.22. The van der Waals surface area contributed by atoms with Gasteiger partial charge in [-0.1, -0.05) is 0 Å². The number of nitrogens with two attached hydrogens (primary N) is 2. The summed E-state index contributed by atoms with van der Waals surface area (Å²) in [7, 11) is 1.93. The first kappa shape index (κ1) is 17.0. The fourth-order valence-electron chi connectivity index (χ4n) is 0.735. The molecule has 0 aromatic carbocycles. The summed E-state index contributed by atoms with van der Waals surface area (Å²) in [5.74, 6) is 0. The maximum absolute atomic E-state index is 5.44. The lowest BCUT2D eigenvalue weighted by Crippen LogP contribution is -2.21. The van der Waals surface area contributed by atoms with E-state index in [0.29, 0.717) is 6.04 Å². The maximum Gasteiger partial charge on any atom is 0.0344 e. The van der Waals surface area contributed by atoms with Gasteiger partial charge in [0.25, 0.3) is 0 Å². The molecule has 0 saturated heterocycles. The third-order valence-electron chi connectivity index (χ3n) is 1.56. The number of nitrogens with one attached hydrogen (secondary N) is 1. The molecule has 1 unspecified atom stereocenters. The van der Waals surface area contributed by atoms with Gasteiger partial charge in [0.05, 0.1) is 0 Å². The van der Waals surface area contributed by atoms with Gasteiger partial charge in [-0.3, -0.25) is 4.98 Å². The van der Waals surface area contributed by atoms with Crippen LogP contribution in [0.2, 0.25) is 0 Å². The summed E-state index contributed by atoms with van der Waals surface area (Å²) >= 11 is 0. The van der Waals surface area contributed by atoms with Crippen LogP contribution in [0, 0.1) is 0 Å². The highest BCUT2D eigenvalue weighted by Crippen LogP contribution is 1.92. The molecule has 0 aliphatic rings. The average Bonchev–Trinajstić information content (AvgIpc) is 2.31. The van der Waals surface area contributed by atoms with Gasteiger partial charge in [0, 0.05) is 24.1 Å². The SMILES string of the molecule is C=C.CNCCC(C)N.Nc1ccncc1. The van der Waals surface area contributed by atoms with Crippen LogP contribution in [0.15, 0.2) is 37.7 Å². The summed E-state index contributed by atoms with van der Waals surface area (Å²) in [6.07, 6.45) is 4.39. The van der Waals surface area contributed by atoms with Crippen molar-refractivity contribution in [1.29, 1.82) is 0 Å². The third-order valence-corrected chi connectivity index (χ3v) is 1.56. The van der Waals surface area contributed by atoms with E-state index >= 15 is 0 Å². The molecule has 1 aromatic rings. The molecule has 0 saturated carbocycles. The van der Waals surface area contributed by atoms with Crippen LogP contribution in [0.25, 0.3) is 0 Å². The van der Waals surface area contributed by atoms with Gasteiger partial charge >= 0.3 is 0 Å². The maximum atomic E-state index is 5.44. The summed E-state index contributed by atoms with van der Waals surface area (Å²) in [6.45, 7) is 9.04. The predicted octanol–water partition coefficient (Wildman–Crippen LogP) is 1.41. The van der Waals surface area contributed by atoms with E-state index in [-0.39, 0.29) is 0 Å². The normalized spacial score (nSPS) is 10.2. The smallest absolute Gasteiger partial charge is 0.0344 e. The van der Waals surface area contributed by atoms with Gasteiger partial charge in [-0.05, 0) is 39.1 Å². The van der Waals surface area contributed by atoms with E-state index in [1.807, 2.05) is 14.0 Å². The summed E-state index contributed by atoms with van der Waals surface area (Å²) in [5, 5.41) is 3.02. The molecule has 0 bridgehead atoms. The first-order valence-electron chi connectivity index (χ1n) is 5.22. The molecule has 1 atom stereocenters. The lowest BCUT2D eigenvalue weighted by Gasteiger charge is -2.00. The van der Waals surface area contributed by atoms with E-state index in [0.717, 1.165) is 18.7 Å². The Kier molecular flexibility index (Phi) is 14.5.